The normalized spacial score (nSPS) is 17.2. The lowest BCUT2D eigenvalue weighted by molar-refractivity contribution is -0.140. The Balaban J connectivity index is 1.67. The molecule has 1 N–H and O–H groups in total. The van der Waals surface area contributed by atoms with Crippen LogP contribution in [0.4, 0.5) is 5.69 Å². The van der Waals surface area contributed by atoms with Crippen LogP contribution < -0.4 is 5.32 Å². The maximum atomic E-state index is 12.7. The number of aromatic nitrogens is 1. The Labute approximate surface area is 153 Å². The predicted molar refractivity (Wildman–Crippen MR) is 99.6 cm³/mol. The number of anilines is 1. The maximum absolute atomic E-state index is 12.7. The molecular weight excluding hydrogens is 330 g/mol. The summed E-state index contributed by atoms with van der Waals surface area (Å²) in [5, 5.41) is 2.94. The standard InChI is InChI=1S/C20H25N3O3/c1-3-6-19(24)23-12-5-4-7-17(23)20(25)22-16-10-8-15(9-11-16)18-13-21-14(2)26-18/h8-11,13,17H,3-7,12H2,1-2H3,(H,22,25). The van der Waals surface area contributed by atoms with Crippen molar-refractivity contribution in [1.29, 1.82) is 0 Å². The molecule has 0 saturated carbocycles. The second kappa shape index (κ2) is 8.17. The van der Waals surface area contributed by atoms with Gasteiger partial charge in [0.25, 0.3) is 0 Å². The van der Waals surface area contributed by atoms with E-state index in [-0.39, 0.29) is 17.9 Å². The molecule has 1 aromatic carbocycles. The van der Waals surface area contributed by atoms with Gasteiger partial charge in [0, 0.05) is 31.1 Å². The van der Waals surface area contributed by atoms with Gasteiger partial charge in [-0.15, -0.1) is 0 Å². The lowest BCUT2D eigenvalue weighted by atomic mass is 10.0. The van der Waals surface area contributed by atoms with Gasteiger partial charge in [0.2, 0.25) is 11.8 Å². The Morgan fingerprint density at radius 3 is 2.69 bits per heavy atom. The second-order valence-electron chi connectivity index (χ2n) is 6.66. The molecule has 1 atom stereocenters. The number of carbonyl (C=O) groups excluding carboxylic acids is 2. The Morgan fingerprint density at radius 1 is 1.27 bits per heavy atom. The molecule has 1 aromatic heterocycles. The molecule has 6 nitrogen and oxygen atoms in total. The van der Waals surface area contributed by atoms with E-state index in [2.05, 4.69) is 10.3 Å². The Bertz CT molecular complexity index is 767. The molecule has 1 fully saturated rings. The van der Waals surface area contributed by atoms with Crippen LogP contribution in [0.3, 0.4) is 0 Å². The van der Waals surface area contributed by atoms with E-state index in [4.69, 9.17) is 4.42 Å². The molecule has 1 aliphatic heterocycles. The second-order valence-corrected chi connectivity index (χ2v) is 6.66. The average molecular weight is 355 g/mol. The van der Waals surface area contributed by atoms with Crippen molar-refractivity contribution in [3.05, 3.63) is 36.4 Å². The average Bonchev–Trinajstić information content (AvgIpc) is 3.09. The first kappa shape index (κ1) is 18.2. The smallest absolute Gasteiger partial charge is 0.247 e. The number of benzene rings is 1. The molecule has 2 amide bonds. The number of oxazole rings is 1. The van der Waals surface area contributed by atoms with E-state index in [0.29, 0.717) is 30.3 Å². The molecule has 138 valence electrons. The number of hydrogen-bond donors (Lipinski definition) is 1. The minimum absolute atomic E-state index is 0.0726. The molecule has 0 aliphatic carbocycles. The van der Waals surface area contributed by atoms with Crippen LogP contribution in [0, 0.1) is 6.92 Å². The molecule has 2 heterocycles. The summed E-state index contributed by atoms with van der Waals surface area (Å²) in [4.78, 5) is 30.8. The van der Waals surface area contributed by atoms with Crippen LogP contribution in [-0.4, -0.2) is 34.3 Å². The van der Waals surface area contributed by atoms with Crippen LogP contribution in [0.5, 0.6) is 0 Å². The molecule has 1 unspecified atom stereocenters. The third-order valence-corrected chi connectivity index (χ3v) is 4.65. The monoisotopic (exact) mass is 355 g/mol. The van der Waals surface area contributed by atoms with Gasteiger partial charge in [-0.25, -0.2) is 4.98 Å². The van der Waals surface area contributed by atoms with Crippen LogP contribution in [0.15, 0.2) is 34.9 Å². The number of aryl methyl sites for hydroxylation is 1. The number of rotatable bonds is 5. The SMILES string of the molecule is CCCC(=O)N1CCCCC1C(=O)Nc1ccc(-c2cnc(C)o2)cc1. The minimum Gasteiger partial charge on any atom is -0.441 e. The zero-order chi connectivity index (χ0) is 18.5. The van der Waals surface area contributed by atoms with Crippen LogP contribution >= 0.6 is 0 Å². The lowest BCUT2D eigenvalue weighted by Gasteiger charge is -2.34. The Hall–Kier alpha value is -2.63. The zero-order valence-corrected chi connectivity index (χ0v) is 15.3. The number of piperidine rings is 1. The predicted octanol–water partition coefficient (Wildman–Crippen LogP) is 3.77. The van der Waals surface area contributed by atoms with Crippen molar-refractivity contribution in [2.75, 3.05) is 11.9 Å². The summed E-state index contributed by atoms with van der Waals surface area (Å²) in [6.45, 7) is 4.45. The van der Waals surface area contributed by atoms with E-state index < -0.39 is 0 Å². The number of amides is 2. The summed E-state index contributed by atoms with van der Waals surface area (Å²) in [7, 11) is 0. The van der Waals surface area contributed by atoms with E-state index >= 15 is 0 Å². The van der Waals surface area contributed by atoms with Gasteiger partial charge in [-0.1, -0.05) is 6.92 Å². The molecule has 1 aliphatic rings. The fourth-order valence-corrected chi connectivity index (χ4v) is 3.30. The Morgan fingerprint density at radius 2 is 2.04 bits per heavy atom. The zero-order valence-electron chi connectivity index (χ0n) is 15.3. The van der Waals surface area contributed by atoms with Crippen LogP contribution in [0.25, 0.3) is 11.3 Å². The molecule has 0 radical (unpaired) electrons. The molecular formula is C20H25N3O3. The van der Waals surface area contributed by atoms with E-state index in [0.717, 1.165) is 31.2 Å². The van der Waals surface area contributed by atoms with Crippen molar-refractivity contribution in [3.63, 3.8) is 0 Å². The van der Waals surface area contributed by atoms with Crippen LogP contribution in [0.1, 0.15) is 44.9 Å². The van der Waals surface area contributed by atoms with Gasteiger partial charge < -0.3 is 14.6 Å². The van der Waals surface area contributed by atoms with Crippen molar-refractivity contribution < 1.29 is 14.0 Å². The maximum Gasteiger partial charge on any atom is 0.247 e. The minimum atomic E-state index is -0.376. The van der Waals surface area contributed by atoms with Gasteiger partial charge >= 0.3 is 0 Å². The van der Waals surface area contributed by atoms with Crippen molar-refractivity contribution in [2.45, 2.75) is 52.0 Å². The fraction of sp³-hybridized carbons (Fsp3) is 0.450. The highest BCUT2D eigenvalue weighted by molar-refractivity contribution is 5.97. The third kappa shape index (κ3) is 4.12. The van der Waals surface area contributed by atoms with Gasteiger partial charge in [0.15, 0.2) is 11.7 Å². The van der Waals surface area contributed by atoms with Crippen molar-refractivity contribution in [2.24, 2.45) is 0 Å². The number of nitrogens with zero attached hydrogens (tertiary/aromatic N) is 2. The number of likely N-dealkylation sites (tertiary alicyclic amines) is 1. The first-order chi connectivity index (χ1) is 12.6. The topological polar surface area (TPSA) is 75.4 Å². The van der Waals surface area contributed by atoms with Gasteiger partial charge in [-0.05, 0) is 49.9 Å². The van der Waals surface area contributed by atoms with Gasteiger partial charge in [0.05, 0.1) is 6.20 Å². The third-order valence-electron chi connectivity index (χ3n) is 4.65. The number of nitrogens with one attached hydrogen (secondary N) is 1. The molecule has 2 aromatic rings. The summed E-state index contributed by atoms with van der Waals surface area (Å²) < 4.78 is 5.51. The molecule has 0 bridgehead atoms. The molecule has 3 rings (SSSR count). The highest BCUT2D eigenvalue weighted by Gasteiger charge is 2.31. The van der Waals surface area contributed by atoms with Crippen LogP contribution in [-0.2, 0) is 9.59 Å². The summed E-state index contributed by atoms with van der Waals surface area (Å²) in [6, 6.07) is 7.07. The van der Waals surface area contributed by atoms with Gasteiger partial charge in [-0.3, -0.25) is 9.59 Å². The van der Waals surface area contributed by atoms with Crippen LogP contribution in [0.2, 0.25) is 0 Å². The molecule has 6 heteroatoms. The molecule has 0 spiro atoms. The van der Waals surface area contributed by atoms with E-state index in [1.54, 1.807) is 18.0 Å². The van der Waals surface area contributed by atoms with Gasteiger partial charge in [0.1, 0.15) is 6.04 Å². The summed E-state index contributed by atoms with van der Waals surface area (Å²) >= 11 is 0. The van der Waals surface area contributed by atoms with Crippen molar-refractivity contribution in [3.8, 4) is 11.3 Å². The molecule has 1 saturated heterocycles. The Kier molecular flexibility index (Phi) is 5.71. The quantitative estimate of drug-likeness (QED) is 0.886. The van der Waals surface area contributed by atoms with Gasteiger partial charge in [-0.2, -0.15) is 0 Å². The summed E-state index contributed by atoms with van der Waals surface area (Å²) in [5.41, 5.74) is 1.62. The summed E-state index contributed by atoms with van der Waals surface area (Å²) in [5.74, 6) is 1.27. The molecule has 26 heavy (non-hydrogen) atoms. The van der Waals surface area contributed by atoms with E-state index in [1.165, 1.54) is 0 Å². The number of carbonyl (C=O) groups is 2. The first-order valence-corrected chi connectivity index (χ1v) is 9.21. The van der Waals surface area contributed by atoms with E-state index in [9.17, 15) is 9.59 Å². The largest absolute Gasteiger partial charge is 0.441 e. The van der Waals surface area contributed by atoms with E-state index in [1.807, 2.05) is 31.2 Å². The summed E-state index contributed by atoms with van der Waals surface area (Å²) in [6.07, 6.45) is 5.63. The van der Waals surface area contributed by atoms with Crippen molar-refractivity contribution >= 4 is 17.5 Å². The highest BCUT2D eigenvalue weighted by atomic mass is 16.4. The fourth-order valence-electron chi connectivity index (χ4n) is 3.30. The first-order valence-electron chi connectivity index (χ1n) is 9.21. The number of hydrogen-bond acceptors (Lipinski definition) is 4. The van der Waals surface area contributed by atoms with Crippen molar-refractivity contribution in [1.82, 2.24) is 9.88 Å². The highest BCUT2D eigenvalue weighted by Crippen LogP contribution is 2.24. The lowest BCUT2D eigenvalue weighted by Crippen LogP contribution is -2.49.